The fourth-order valence-corrected chi connectivity index (χ4v) is 2.94. The van der Waals surface area contributed by atoms with Crippen molar-refractivity contribution in [3.05, 3.63) is 69.4 Å². The maximum atomic E-state index is 10.8. The third kappa shape index (κ3) is 4.65. The molecule has 0 amide bonds. The molecule has 0 saturated heterocycles. The molecule has 0 radical (unpaired) electrons. The number of nitrogens with zero attached hydrogens (tertiary/aromatic N) is 2. The molecule has 0 fully saturated rings. The molecule has 3 rings (SSSR count). The summed E-state index contributed by atoms with van der Waals surface area (Å²) in [6.45, 7) is 2.75. The van der Waals surface area contributed by atoms with Crippen LogP contribution in [0.2, 0.25) is 5.02 Å². The highest BCUT2D eigenvalue weighted by Crippen LogP contribution is 2.29. The van der Waals surface area contributed by atoms with Crippen molar-refractivity contribution in [1.82, 2.24) is 4.98 Å². The molecule has 2 aromatic carbocycles. The van der Waals surface area contributed by atoms with E-state index in [2.05, 4.69) is 4.98 Å². The minimum atomic E-state index is -0.397. The number of nitro benzene ring substituents is 1. The van der Waals surface area contributed by atoms with Crippen molar-refractivity contribution in [1.29, 1.82) is 0 Å². The molecule has 0 aliphatic rings. The van der Waals surface area contributed by atoms with Gasteiger partial charge < -0.3 is 9.47 Å². The molecule has 0 aliphatic heterocycles. The molecule has 3 aromatic rings. The molecule has 1 aromatic heterocycles. The van der Waals surface area contributed by atoms with Gasteiger partial charge in [0, 0.05) is 23.2 Å². The van der Waals surface area contributed by atoms with Gasteiger partial charge in [-0.05, 0) is 56.2 Å². The second kappa shape index (κ2) is 8.68. The summed E-state index contributed by atoms with van der Waals surface area (Å²) in [6, 6.07) is 12.2. The van der Waals surface area contributed by atoms with Gasteiger partial charge in [-0.3, -0.25) is 15.1 Å². The largest absolute Gasteiger partial charge is 0.494 e. The highest BCUT2D eigenvalue weighted by Gasteiger charge is 2.10. The van der Waals surface area contributed by atoms with Crippen LogP contribution in [0.25, 0.3) is 10.9 Å². The lowest BCUT2D eigenvalue weighted by Gasteiger charge is -2.10. The quantitative estimate of drug-likeness (QED) is 0.296. The standard InChI is InChI=1S/C20H19ClN2O4/c1-14-13-15(6-8-18(14)23(24)25)26-11-2-3-12-27-19-9-7-17(21)16-5-4-10-22-20(16)19/h4-10,13H,2-3,11-12H2,1H3. The fraction of sp³-hybridized carbons (Fsp3) is 0.250. The first-order valence-corrected chi connectivity index (χ1v) is 8.98. The third-order valence-corrected chi connectivity index (χ3v) is 4.44. The monoisotopic (exact) mass is 386 g/mol. The van der Waals surface area contributed by atoms with Crippen LogP contribution in [0.5, 0.6) is 11.5 Å². The van der Waals surface area contributed by atoms with Crippen LogP contribution in [0, 0.1) is 17.0 Å². The zero-order valence-electron chi connectivity index (χ0n) is 14.9. The van der Waals surface area contributed by atoms with Gasteiger partial charge in [-0.25, -0.2) is 0 Å². The Morgan fingerprint density at radius 2 is 1.89 bits per heavy atom. The van der Waals surface area contributed by atoms with Crippen molar-refractivity contribution in [2.24, 2.45) is 0 Å². The number of ether oxygens (including phenoxy) is 2. The topological polar surface area (TPSA) is 74.5 Å². The van der Waals surface area contributed by atoms with Crippen LogP contribution in [0.1, 0.15) is 18.4 Å². The number of unbranched alkanes of at least 4 members (excludes halogenated alkanes) is 1. The predicted molar refractivity (Wildman–Crippen MR) is 105 cm³/mol. The second-order valence-electron chi connectivity index (χ2n) is 6.05. The van der Waals surface area contributed by atoms with E-state index in [1.165, 1.54) is 6.07 Å². The summed E-state index contributed by atoms with van der Waals surface area (Å²) in [6.07, 6.45) is 3.32. The van der Waals surface area contributed by atoms with Crippen LogP contribution >= 0.6 is 11.6 Å². The first kappa shape index (κ1) is 18.9. The smallest absolute Gasteiger partial charge is 0.272 e. The Bertz CT molecular complexity index is 962. The Morgan fingerprint density at radius 3 is 2.63 bits per heavy atom. The maximum absolute atomic E-state index is 10.8. The van der Waals surface area contributed by atoms with Crippen molar-refractivity contribution in [2.45, 2.75) is 19.8 Å². The Labute approximate surface area is 161 Å². The first-order valence-electron chi connectivity index (χ1n) is 8.60. The number of pyridine rings is 1. The highest BCUT2D eigenvalue weighted by atomic mass is 35.5. The lowest BCUT2D eigenvalue weighted by atomic mass is 10.2. The van der Waals surface area contributed by atoms with E-state index in [1.54, 1.807) is 31.3 Å². The molecule has 140 valence electrons. The van der Waals surface area contributed by atoms with Gasteiger partial charge in [0.1, 0.15) is 17.0 Å². The second-order valence-corrected chi connectivity index (χ2v) is 6.46. The molecule has 0 spiro atoms. The maximum Gasteiger partial charge on any atom is 0.272 e. The first-order chi connectivity index (χ1) is 13.1. The number of benzene rings is 2. The summed E-state index contributed by atoms with van der Waals surface area (Å²) in [5.74, 6) is 1.34. The molecule has 0 bridgehead atoms. The zero-order valence-corrected chi connectivity index (χ0v) is 15.6. The number of nitro groups is 1. The average molecular weight is 387 g/mol. The van der Waals surface area contributed by atoms with Gasteiger partial charge in [0.05, 0.1) is 23.2 Å². The lowest BCUT2D eigenvalue weighted by Crippen LogP contribution is -2.03. The molecule has 0 saturated carbocycles. The van der Waals surface area contributed by atoms with E-state index in [0.717, 1.165) is 23.7 Å². The normalized spacial score (nSPS) is 10.7. The molecule has 27 heavy (non-hydrogen) atoms. The minimum Gasteiger partial charge on any atom is -0.494 e. The van der Waals surface area contributed by atoms with E-state index in [9.17, 15) is 10.1 Å². The van der Waals surface area contributed by atoms with E-state index in [-0.39, 0.29) is 5.69 Å². The van der Waals surface area contributed by atoms with E-state index in [1.807, 2.05) is 18.2 Å². The van der Waals surface area contributed by atoms with Crippen molar-refractivity contribution < 1.29 is 14.4 Å². The number of fused-ring (bicyclic) bond motifs is 1. The third-order valence-electron chi connectivity index (χ3n) is 4.11. The molecule has 1 heterocycles. The van der Waals surface area contributed by atoms with Crippen LogP contribution in [0.3, 0.4) is 0 Å². The number of aryl methyl sites for hydroxylation is 1. The van der Waals surface area contributed by atoms with Crippen LogP contribution in [0.4, 0.5) is 5.69 Å². The van der Waals surface area contributed by atoms with Crippen molar-refractivity contribution in [2.75, 3.05) is 13.2 Å². The molecule has 0 atom stereocenters. The van der Waals surface area contributed by atoms with Crippen molar-refractivity contribution in [3.8, 4) is 11.5 Å². The summed E-state index contributed by atoms with van der Waals surface area (Å²) < 4.78 is 11.5. The Kier molecular flexibility index (Phi) is 6.08. The number of aromatic nitrogens is 1. The van der Waals surface area contributed by atoms with Crippen LogP contribution in [-0.2, 0) is 0 Å². The molecule has 0 N–H and O–H groups in total. The summed E-state index contributed by atoms with van der Waals surface area (Å²) >= 11 is 6.18. The number of hydrogen-bond donors (Lipinski definition) is 0. The Morgan fingerprint density at radius 1 is 1.11 bits per heavy atom. The van der Waals surface area contributed by atoms with E-state index in [4.69, 9.17) is 21.1 Å². The van der Waals surface area contributed by atoms with Gasteiger partial charge in [0.2, 0.25) is 0 Å². The summed E-state index contributed by atoms with van der Waals surface area (Å²) in [5, 5.41) is 12.3. The lowest BCUT2D eigenvalue weighted by molar-refractivity contribution is -0.385. The van der Waals surface area contributed by atoms with Gasteiger partial charge in [0.15, 0.2) is 0 Å². The van der Waals surface area contributed by atoms with Gasteiger partial charge in [-0.1, -0.05) is 11.6 Å². The number of hydrogen-bond acceptors (Lipinski definition) is 5. The number of halogens is 1. The van der Waals surface area contributed by atoms with Crippen molar-refractivity contribution in [3.63, 3.8) is 0 Å². The van der Waals surface area contributed by atoms with Gasteiger partial charge >= 0.3 is 0 Å². The van der Waals surface area contributed by atoms with Gasteiger partial charge in [0.25, 0.3) is 5.69 Å². The SMILES string of the molecule is Cc1cc(OCCCCOc2ccc(Cl)c3cccnc23)ccc1[N+](=O)[O-]. The fourth-order valence-electron chi connectivity index (χ4n) is 2.73. The molecular formula is C20H19ClN2O4. The molecular weight excluding hydrogens is 368 g/mol. The zero-order chi connectivity index (χ0) is 19.2. The van der Waals surface area contributed by atoms with Crippen LogP contribution in [-0.4, -0.2) is 23.1 Å². The summed E-state index contributed by atoms with van der Waals surface area (Å²) in [7, 11) is 0. The summed E-state index contributed by atoms with van der Waals surface area (Å²) in [4.78, 5) is 14.8. The molecule has 7 heteroatoms. The van der Waals surface area contributed by atoms with E-state index >= 15 is 0 Å². The van der Waals surface area contributed by atoms with Gasteiger partial charge in [-0.15, -0.1) is 0 Å². The Balaban J connectivity index is 1.46. The molecule has 0 unspecified atom stereocenters. The van der Waals surface area contributed by atoms with Crippen molar-refractivity contribution >= 4 is 28.2 Å². The predicted octanol–water partition coefficient (Wildman–Crippen LogP) is 5.34. The minimum absolute atomic E-state index is 0.0968. The number of rotatable bonds is 8. The van der Waals surface area contributed by atoms with Gasteiger partial charge in [-0.2, -0.15) is 0 Å². The Hall–Kier alpha value is -2.86. The van der Waals surface area contributed by atoms with E-state index in [0.29, 0.717) is 35.3 Å². The van der Waals surface area contributed by atoms with Crippen LogP contribution < -0.4 is 9.47 Å². The van der Waals surface area contributed by atoms with Crippen LogP contribution in [0.15, 0.2) is 48.7 Å². The average Bonchev–Trinajstić information content (AvgIpc) is 2.66. The summed E-state index contributed by atoms with van der Waals surface area (Å²) in [5.41, 5.74) is 1.44. The molecule has 0 aliphatic carbocycles. The molecule has 6 nitrogen and oxygen atoms in total. The highest BCUT2D eigenvalue weighted by molar-refractivity contribution is 6.35. The van der Waals surface area contributed by atoms with E-state index < -0.39 is 4.92 Å².